The fourth-order valence-corrected chi connectivity index (χ4v) is 3.57. The third kappa shape index (κ3) is 3.07. The number of thiophene rings is 1. The van der Waals surface area contributed by atoms with E-state index >= 15 is 0 Å². The molecule has 3 nitrogen and oxygen atoms in total. The number of ether oxygens (including phenoxy) is 1. The second-order valence-electron chi connectivity index (χ2n) is 4.73. The van der Waals surface area contributed by atoms with Gasteiger partial charge in [-0.2, -0.15) is 0 Å². The van der Waals surface area contributed by atoms with Gasteiger partial charge >= 0.3 is 0 Å². The molecule has 1 aliphatic rings. The summed E-state index contributed by atoms with van der Waals surface area (Å²) in [6.45, 7) is 5.21. The Balaban J connectivity index is 1.99. The summed E-state index contributed by atoms with van der Waals surface area (Å²) >= 11 is 1.90. The summed E-state index contributed by atoms with van der Waals surface area (Å²) in [4.78, 5) is 2.87. The van der Waals surface area contributed by atoms with E-state index in [0.29, 0.717) is 18.1 Å². The average Bonchev–Trinajstić information content (AvgIpc) is 2.95. The molecule has 1 aliphatic heterocycles. The Morgan fingerprint density at radius 3 is 2.82 bits per heavy atom. The fourth-order valence-electron chi connectivity index (χ4n) is 2.55. The molecule has 17 heavy (non-hydrogen) atoms. The zero-order valence-corrected chi connectivity index (χ0v) is 11.4. The Hall–Kier alpha value is -0.420. The zero-order valence-electron chi connectivity index (χ0n) is 10.6. The van der Waals surface area contributed by atoms with Gasteiger partial charge in [0.25, 0.3) is 0 Å². The van der Waals surface area contributed by atoms with E-state index in [4.69, 9.17) is 10.6 Å². The summed E-state index contributed by atoms with van der Waals surface area (Å²) in [6.07, 6.45) is 3.57. The monoisotopic (exact) mass is 254 g/mol. The van der Waals surface area contributed by atoms with E-state index in [9.17, 15) is 0 Å². The van der Waals surface area contributed by atoms with Crippen LogP contribution in [-0.4, -0.2) is 18.8 Å². The zero-order chi connectivity index (χ0) is 12.3. The molecule has 2 rings (SSSR count). The van der Waals surface area contributed by atoms with E-state index < -0.39 is 0 Å². The van der Waals surface area contributed by atoms with E-state index in [1.807, 2.05) is 11.3 Å². The Morgan fingerprint density at radius 2 is 2.29 bits per heavy atom. The standard InChI is InChI=1S/C13H22N2OS/c1-3-10-4-5-11(17-10)8-13(15-14)12-6-7-16-9(12)2/h4-5,9,12-13,15H,3,6-8,14H2,1-2H3. The minimum Gasteiger partial charge on any atom is -0.378 e. The molecular formula is C13H22N2OS. The molecular weight excluding hydrogens is 232 g/mol. The lowest BCUT2D eigenvalue weighted by Crippen LogP contribution is -2.44. The van der Waals surface area contributed by atoms with E-state index in [2.05, 4.69) is 31.4 Å². The molecule has 0 spiro atoms. The second kappa shape index (κ2) is 5.96. The van der Waals surface area contributed by atoms with Crippen molar-refractivity contribution in [3.63, 3.8) is 0 Å². The minimum atomic E-state index is 0.321. The Labute approximate surface area is 107 Å². The first-order chi connectivity index (χ1) is 8.24. The maximum absolute atomic E-state index is 5.70. The van der Waals surface area contributed by atoms with Crippen molar-refractivity contribution < 1.29 is 4.74 Å². The normalized spacial score (nSPS) is 26.3. The molecule has 96 valence electrons. The molecule has 3 N–H and O–H groups in total. The van der Waals surface area contributed by atoms with Crippen molar-refractivity contribution in [2.45, 2.75) is 45.3 Å². The van der Waals surface area contributed by atoms with Crippen molar-refractivity contribution in [1.29, 1.82) is 0 Å². The lowest BCUT2D eigenvalue weighted by molar-refractivity contribution is 0.0955. The molecule has 4 heteroatoms. The molecule has 1 fully saturated rings. The molecule has 0 radical (unpaired) electrons. The molecule has 0 aromatic carbocycles. The summed E-state index contributed by atoms with van der Waals surface area (Å²) in [5, 5.41) is 0. The largest absolute Gasteiger partial charge is 0.378 e. The second-order valence-corrected chi connectivity index (χ2v) is 5.98. The van der Waals surface area contributed by atoms with Crippen LogP contribution in [0.1, 0.15) is 30.0 Å². The van der Waals surface area contributed by atoms with Crippen LogP contribution < -0.4 is 11.3 Å². The van der Waals surface area contributed by atoms with Gasteiger partial charge in [0.05, 0.1) is 6.10 Å². The van der Waals surface area contributed by atoms with Gasteiger partial charge in [-0.3, -0.25) is 11.3 Å². The average molecular weight is 254 g/mol. The number of aryl methyl sites for hydroxylation is 1. The Morgan fingerprint density at radius 1 is 1.53 bits per heavy atom. The molecule has 1 aromatic heterocycles. The molecule has 3 unspecified atom stereocenters. The van der Waals surface area contributed by atoms with Crippen molar-refractivity contribution >= 4 is 11.3 Å². The van der Waals surface area contributed by atoms with Gasteiger partial charge in [0.2, 0.25) is 0 Å². The van der Waals surface area contributed by atoms with Crippen molar-refractivity contribution in [2.75, 3.05) is 6.61 Å². The molecule has 0 saturated carbocycles. The minimum absolute atomic E-state index is 0.321. The smallest absolute Gasteiger partial charge is 0.0591 e. The summed E-state index contributed by atoms with van der Waals surface area (Å²) < 4.78 is 5.62. The van der Waals surface area contributed by atoms with E-state index in [1.54, 1.807) is 0 Å². The first kappa shape index (κ1) is 13.0. The summed E-state index contributed by atoms with van der Waals surface area (Å²) in [5.74, 6) is 6.24. The van der Waals surface area contributed by atoms with Crippen molar-refractivity contribution in [3.8, 4) is 0 Å². The summed E-state index contributed by atoms with van der Waals surface area (Å²) in [7, 11) is 0. The summed E-state index contributed by atoms with van der Waals surface area (Å²) in [6, 6.07) is 4.78. The number of hydrazine groups is 1. The lowest BCUT2D eigenvalue weighted by Gasteiger charge is -2.24. The van der Waals surface area contributed by atoms with Crippen LogP contribution in [0, 0.1) is 5.92 Å². The first-order valence-electron chi connectivity index (χ1n) is 6.40. The van der Waals surface area contributed by atoms with Crippen LogP contribution in [-0.2, 0) is 17.6 Å². The summed E-state index contributed by atoms with van der Waals surface area (Å²) in [5.41, 5.74) is 2.98. The Bertz CT molecular complexity index is 353. The highest BCUT2D eigenvalue weighted by Gasteiger charge is 2.31. The predicted octanol–water partition coefficient (Wildman–Crippen LogP) is 2.11. The maximum Gasteiger partial charge on any atom is 0.0591 e. The van der Waals surface area contributed by atoms with Gasteiger partial charge < -0.3 is 4.74 Å². The van der Waals surface area contributed by atoms with Crippen molar-refractivity contribution in [2.24, 2.45) is 11.8 Å². The highest BCUT2D eigenvalue weighted by Crippen LogP contribution is 2.27. The topological polar surface area (TPSA) is 47.3 Å². The molecule has 0 aliphatic carbocycles. The van der Waals surface area contributed by atoms with Gasteiger partial charge in [-0.15, -0.1) is 11.3 Å². The van der Waals surface area contributed by atoms with E-state index in [0.717, 1.165) is 25.9 Å². The van der Waals surface area contributed by atoms with Crippen LogP contribution in [0.4, 0.5) is 0 Å². The highest BCUT2D eigenvalue weighted by atomic mass is 32.1. The third-order valence-electron chi connectivity index (χ3n) is 3.65. The molecule has 0 bridgehead atoms. The van der Waals surface area contributed by atoms with Gasteiger partial charge in [0, 0.05) is 28.3 Å². The van der Waals surface area contributed by atoms with Crippen LogP contribution in [0.3, 0.4) is 0 Å². The third-order valence-corrected chi connectivity index (χ3v) is 4.90. The van der Waals surface area contributed by atoms with Crippen LogP contribution in [0.2, 0.25) is 0 Å². The fraction of sp³-hybridized carbons (Fsp3) is 0.692. The van der Waals surface area contributed by atoms with E-state index in [1.165, 1.54) is 9.75 Å². The van der Waals surface area contributed by atoms with Crippen LogP contribution in [0.5, 0.6) is 0 Å². The van der Waals surface area contributed by atoms with E-state index in [-0.39, 0.29) is 0 Å². The molecule has 3 atom stereocenters. The van der Waals surface area contributed by atoms with Gasteiger partial charge in [0.1, 0.15) is 0 Å². The molecule has 1 aromatic rings. The Kier molecular flexibility index (Phi) is 4.56. The number of hydrogen-bond acceptors (Lipinski definition) is 4. The highest BCUT2D eigenvalue weighted by molar-refractivity contribution is 7.11. The lowest BCUT2D eigenvalue weighted by atomic mass is 9.91. The first-order valence-corrected chi connectivity index (χ1v) is 7.21. The SMILES string of the molecule is CCc1ccc(CC(NN)C2CCOC2C)s1. The molecule has 1 saturated heterocycles. The molecule has 0 amide bonds. The number of nitrogens with two attached hydrogens (primary N) is 1. The van der Waals surface area contributed by atoms with Gasteiger partial charge in [-0.1, -0.05) is 6.92 Å². The van der Waals surface area contributed by atoms with Gasteiger partial charge in [-0.25, -0.2) is 0 Å². The van der Waals surface area contributed by atoms with Crippen molar-refractivity contribution in [1.82, 2.24) is 5.43 Å². The van der Waals surface area contributed by atoms with Gasteiger partial charge in [-0.05, 0) is 38.3 Å². The molecule has 2 heterocycles. The number of rotatable bonds is 5. The van der Waals surface area contributed by atoms with Crippen molar-refractivity contribution in [3.05, 3.63) is 21.9 Å². The predicted molar refractivity (Wildman–Crippen MR) is 72.0 cm³/mol. The number of hydrogen-bond donors (Lipinski definition) is 2. The van der Waals surface area contributed by atoms with Crippen LogP contribution >= 0.6 is 11.3 Å². The van der Waals surface area contributed by atoms with Crippen LogP contribution in [0.15, 0.2) is 12.1 Å². The quantitative estimate of drug-likeness (QED) is 0.625. The van der Waals surface area contributed by atoms with Crippen LogP contribution in [0.25, 0.3) is 0 Å². The number of nitrogens with one attached hydrogen (secondary N) is 1. The maximum atomic E-state index is 5.70. The van der Waals surface area contributed by atoms with Gasteiger partial charge in [0.15, 0.2) is 0 Å².